The molecule has 2 saturated carbocycles. The van der Waals surface area contributed by atoms with Gasteiger partial charge < -0.3 is 0 Å². The Morgan fingerprint density at radius 2 is 2.00 bits per heavy atom. The van der Waals surface area contributed by atoms with Crippen molar-refractivity contribution in [3.63, 3.8) is 0 Å². The second-order valence-electron chi connectivity index (χ2n) is 7.47. The van der Waals surface area contributed by atoms with Gasteiger partial charge in [0.15, 0.2) is 0 Å². The van der Waals surface area contributed by atoms with Crippen LogP contribution in [0.15, 0.2) is 0 Å². The molecular weight excluding hydrogens is 222 g/mol. The fourth-order valence-electron chi connectivity index (χ4n) is 6.43. The summed E-state index contributed by atoms with van der Waals surface area (Å²) in [4.78, 5) is 15.2. The van der Waals surface area contributed by atoms with E-state index < -0.39 is 0 Å². The number of hydrogen-bond acceptors (Lipinski definition) is 2. The third kappa shape index (κ3) is 1.16. The third-order valence-corrected chi connectivity index (χ3v) is 6.70. The summed E-state index contributed by atoms with van der Waals surface area (Å²) in [5, 5.41) is 0. The lowest BCUT2D eigenvalue weighted by atomic mass is 9.52. The smallest absolute Gasteiger partial charge is 0.137 e. The molecule has 0 N–H and O–H groups in total. The molecule has 0 bridgehead atoms. The first-order chi connectivity index (χ1) is 8.68. The van der Waals surface area contributed by atoms with E-state index in [-0.39, 0.29) is 0 Å². The van der Waals surface area contributed by atoms with Gasteiger partial charge in [-0.2, -0.15) is 0 Å². The Bertz CT molecular complexity index is 391. The number of nitrogens with zero attached hydrogens (tertiary/aromatic N) is 1. The highest BCUT2D eigenvalue weighted by atomic mass is 16.1. The van der Waals surface area contributed by atoms with E-state index in [0.29, 0.717) is 22.7 Å². The van der Waals surface area contributed by atoms with Crippen LogP contribution in [0.1, 0.15) is 58.3 Å². The highest BCUT2D eigenvalue weighted by molar-refractivity contribution is 5.84. The van der Waals surface area contributed by atoms with Crippen molar-refractivity contribution < 1.29 is 4.79 Å². The quantitative estimate of drug-likeness (QED) is 0.656. The number of rotatable bonds is 0. The normalized spacial score (nSPS) is 51.9. The fourth-order valence-corrected chi connectivity index (χ4v) is 6.43. The predicted molar refractivity (Wildman–Crippen MR) is 71.3 cm³/mol. The van der Waals surface area contributed by atoms with Gasteiger partial charge in [-0.25, -0.2) is 0 Å². The molecule has 2 aliphatic heterocycles. The molecule has 1 spiro atoms. The monoisotopic (exact) mass is 247 g/mol. The standard InChI is InChI=1S/C16H25NO/c1-12-10-15-6-3-9-17-8-2-4-13(14(18)5-7-15)16(15,17)11-12/h12-13H,2-11H2,1H3. The van der Waals surface area contributed by atoms with Crippen LogP contribution in [-0.4, -0.2) is 29.3 Å². The molecule has 4 fully saturated rings. The molecule has 4 rings (SSSR count). The van der Waals surface area contributed by atoms with Crippen LogP contribution in [0, 0.1) is 17.3 Å². The molecule has 4 atom stereocenters. The van der Waals surface area contributed by atoms with E-state index in [4.69, 9.17) is 0 Å². The van der Waals surface area contributed by atoms with E-state index in [1.165, 1.54) is 58.0 Å². The molecule has 2 aliphatic carbocycles. The van der Waals surface area contributed by atoms with E-state index >= 15 is 0 Å². The summed E-state index contributed by atoms with van der Waals surface area (Å²) in [5.74, 6) is 1.83. The lowest BCUT2D eigenvalue weighted by Crippen LogP contribution is -2.69. The highest BCUT2D eigenvalue weighted by Crippen LogP contribution is 2.66. The minimum atomic E-state index is 0.304. The van der Waals surface area contributed by atoms with Crippen LogP contribution in [0.5, 0.6) is 0 Å². The van der Waals surface area contributed by atoms with Gasteiger partial charge in [0, 0.05) is 17.9 Å². The second-order valence-corrected chi connectivity index (χ2v) is 7.47. The van der Waals surface area contributed by atoms with Crippen LogP contribution in [0.4, 0.5) is 0 Å². The van der Waals surface area contributed by atoms with Gasteiger partial charge in [-0.1, -0.05) is 6.92 Å². The minimum absolute atomic E-state index is 0.304. The first-order valence-electron chi connectivity index (χ1n) is 7.96. The Kier molecular flexibility index (Phi) is 2.29. The molecule has 0 radical (unpaired) electrons. The van der Waals surface area contributed by atoms with Crippen molar-refractivity contribution in [1.82, 2.24) is 4.90 Å². The maximum absolute atomic E-state index is 12.5. The largest absolute Gasteiger partial charge is 0.299 e. The van der Waals surface area contributed by atoms with Crippen LogP contribution in [-0.2, 0) is 4.79 Å². The van der Waals surface area contributed by atoms with Gasteiger partial charge in [0.25, 0.3) is 0 Å². The van der Waals surface area contributed by atoms with E-state index in [1.54, 1.807) is 0 Å². The van der Waals surface area contributed by atoms with E-state index in [1.807, 2.05) is 0 Å². The molecular formula is C16H25NO. The first kappa shape index (κ1) is 11.5. The van der Waals surface area contributed by atoms with Gasteiger partial charge in [0.2, 0.25) is 0 Å². The first-order valence-corrected chi connectivity index (χ1v) is 7.96. The Balaban J connectivity index is 1.87. The average molecular weight is 247 g/mol. The lowest BCUT2D eigenvalue weighted by molar-refractivity contribution is -0.163. The number of ketones is 1. The van der Waals surface area contributed by atoms with E-state index in [9.17, 15) is 4.79 Å². The van der Waals surface area contributed by atoms with E-state index in [2.05, 4.69) is 11.8 Å². The van der Waals surface area contributed by atoms with Crippen LogP contribution < -0.4 is 0 Å². The molecule has 0 amide bonds. The zero-order chi connectivity index (χ0) is 12.4. The zero-order valence-corrected chi connectivity index (χ0v) is 11.6. The molecule has 100 valence electrons. The lowest BCUT2D eigenvalue weighted by Gasteiger charge is -2.64. The molecule has 0 aromatic heterocycles. The second kappa shape index (κ2) is 3.59. The topological polar surface area (TPSA) is 20.3 Å². The molecule has 4 aliphatic rings. The van der Waals surface area contributed by atoms with Crippen LogP contribution in [0.25, 0.3) is 0 Å². The van der Waals surface area contributed by atoms with Gasteiger partial charge in [-0.15, -0.1) is 0 Å². The zero-order valence-electron chi connectivity index (χ0n) is 11.6. The summed E-state index contributed by atoms with van der Waals surface area (Å²) in [5.41, 5.74) is 0.821. The maximum Gasteiger partial charge on any atom is 0.137 e. The third-order valence-electron chi connectivity index (χ3n) is 6.70. The summed E-state index contributed by atoms with van der Waals surface area (Å²) < 4.78 is 0. The summed E-state index contributed by atoms with van der Waals surface area (Å²) in [6.07, 6.45) is 9.99. The predicted octanol–water partition coefficient (Wildman–Crippen LogP) is 3.01. The Hall–Kier alpha value is -0.370. The number of carbonyl (C=O) groups is 1. The molecule has 4 unspecified atom stereocenters. The SMILES string of the molecule is CC1CC23CCCN4CCCC(C(=O)CC2)C43C1. The van der Waals surface area contributed by atoms with Gasteiger partial charge >= 0.3 is 0 Å². The number of piperidine rings is 2. The number of Topliss-reactive ketones (excluding diaryl/α,β-unsaturated/α-hetero) is 1. The number of hydrogen-bond donors (Lipinski definition) is 0. The molecule has 2 heteroatoms. The molecule has 2 heterocycles. The van der Waals surface area contributed by atoms with Crippen molar-refractivity contribution in [1.29, 1.82) is 0 Å². The van der Waals surface area contributed by atoms with Crippen LogP contribution >= 0.6 is 0 Å². The van der Waals surface area contributed by atoms with E-state index in [0.717, 1.165) is 12.3 Å². The van der Waals surface area contributed by atoms with Crippen molar-refractivity contribution in [3.05, 3.63) is 0 Å². The summed E-state index contributed by atoms with van der Waals surface area (Å²) in [6, 6.07) is 0. The van der Waals surface area contributed by atoms with Gasteiger partial charge in [-0.05, 0) is 69.4 Å². The van der Waals surface area contributed by atoms with Crippen LogP contribution in [0.3, 0.4) is 0 Å². The molecule has 18 heavy (non-hydrogen) atoms. The highest BCUT2D eigenvalue weighted by Gasteiger charge is 2.67. The van der Waals surface area contributed by atoms with Crippen molar-refractivity contribution >= 4 is 5.78 Å². The Morgan fingerprint density at radius 1 is 1.17 bits per heavy atom. The summed E-state index contributed by atoms with van der Waals surface area (Å²) >= 11 is 0. The summed E-state index contributed by atoms with van der Waals surface area (Å²) in [6.45, 7) is 4.95. The van der Waals surface area contributed by atoms with Crippen molar-refractivity contribution in [2.75, 3.05) is 13.1 Å². The molecule has 0 aromatic rings. The minimum Gasteiger partial charge on any atom is -0.299 e. The van der Waals surface area contributed by atoms with Crippen molar-refractivity contribution in [2.45, 2.75) is 63.8 Å². The van der Waals surface area contributed by atoms with Crippen LogP contribution in [0.2, 0.25) is 0 Å². The molecule has 2 nitrogen and oxygen atoms in total. The van der Waals surface area contributed by atoms with Crippen molar-refractivity contribution in [3.8, 4) is 0 Å². The maximum atomic E-state index is 12.5. The Morgan fingerprint density at radius 3 is 2.89 bits per heavy atom. The number of carbonyl (C=O) groups excluding carboxylic acids is 1. The van der Waals surface area contributed by atoms with Gasteiger partial charge in [-0.3, -0.25) is 9.69 Å². The van der Waals surface area contributed by atoms with Crippen molar-refractivity contribution in [2.24, 2.45) is 17.3 Å². The Labute approximate surface area is 110 Å². The summed E-state index contributed by atoms with van der Waals surface area (Å²) in [7, 11) is 0. The average Bonchev–Trinajstić information content (AvgIpc) is 2.66. The van der Waals surface area contributed by atoms with Gasteiger partial charge in [0.05, 0.1) is 0 Å². The fraction of sp³-hybridized carbons (Fsp3) is 0.938. The molecule has 0 aromatic carbocycles. The molecule has 2 saturated heterocycles. The van der Waals surface area contributed by atoms with Gasteiger partial charge in [0.1, 0.15) is 5.78 Å².